The molecule has 1 aromatic carbocycles. The van der Waals surface area contributed by atoms with Gasteiger partial charge in [0, 0.05) is 36.4 Å². The van der Waals surface area contributed by atoms with E-state index in [1.807, 2.05) is 0 Å². The normalized spacial score (nSPS) is 10.8. The van der Waals surface area contributed by atoms with Crippen LogP contribution < -0.4 is 10.6 Å². The maximum absolute atomic E-state index is 14.1. The molecule has 0 saturated carbocycles. The Morgan fingerprint density at radius 2 is 2.00 bits per heavy atom. The van der Waals surface area contributed by atoms with Crippen LogP contribution in [0.1, 0.15) is 15.2 Å². The van der Waals surface area contributed by atoms with Crippen molar-refractivity contribution in [1.29, 1.82) is 0 Å². The van der Waals surface area contributed by atoms with E-state index in [2.05, 4.69) is 10.6 Å². The molecule has 0 fully saturated rings. The Balaban J connectivity index is 2.13. The third kappa shape index (κ3) is 4.28. The number of methoxy groups -OCH3 is 2. The van der Waals surface area contributed by atoms with Gasteiger partial charge in [0.05, 0.1) is 24.6 Å². The van der Waals surface area contributed by atoms with Gasteiger partial charge in [0.2, 0.25) is 5.91 Å². The molecule has 0 spiro atoms. The zero-order chi connectivity index (χ0) is 17.5. The van der Waals surface area contributed by atoms with E-state index >= 15 is 0 Å². The smallest absolute Gasteiger partial charge is 0.262 e. The molecule has 0 aliphatic rings. The predicted octanol–water partition coefficient (Wildman–Crippen LogP) is 1.68. The van der Waals surface area contributed by atoms with Crippen LogP contribution in [-0.4, -0.2) is 45.7 Å². The summed E-state index contributed by atoms with van der Waals surface area (Å²) in [5.41, 5.74) is 0.493. The monoisotopic (exact) mass is 354 g/mol. The number of hydrogen-bond acceptors (Lipinski definition) is 5. The summed E-state index contributed by atoms with van der Waals surface area (Å²) in [6.45, 7) is 0.719. The summed E-state index contributed by atoms with van der Waals surface area (Å²) in [5.74, 6) is -1.14. The van der Waals surface area contributed by atoms with Crippen LogP contribution in [0.2, 0.25) is 0 Å². The fourth-order valence-electron chi connectivity index (χ4n) is 2.23. The Morgan fingerprint density at radius 1 is 1.21 bits per heavy atom. The summed E-state index contributed by atoms with van der Waals surface area (Å²) < 4.78 is 24.7. The minimum absolute atomic E-state index is 0.115. The lowest BCUT2D eigenvalue weighted by atomic mass is 10.1. The average Bonchev–Trinajstić information content (AvgIpc) is 2.93. The largest absolute Gasteiger partial charge is 0.383 e. The zero-order valence-corrected chi connectivity index (χ0v) is 14.3. The summed E-state index contributed by atoms with van der Waals surface area (Å²) in [6.07, 6.45) is 0. The van der Waals surface area contributed by atoms with E-state index in [0.29, 0.717) is 33.7 Å². The number of halogens is 1. The lowest BCUT2D eigenvalue weighted by Gasteiger charge is -2.07. The lowest BCUT2D eigenvalue weighted by Crippen LogP contribution is -2.38. The van der Waals surface area contributed by atoms with Crippen molar-refractivity contribution < 1.29 is 23.5 Å². The van der Waals surface area contributed by atoms with Gasteiger partial charge in [-0.1, -0.05) is 6.07 Å². The predicted molar refractivity (Wildman–Crippen MR) is 89.7 cm³/mol. The number of nitrogens with one attached hydrogen (secondary N) is 2. The molecule has 0 unspecified atom stereocenters. The highest BCUT2D eigenvalue weighted by atomic mass is 32.1. The fraction of sp³-hybridized carbons (Fsp3) is 0.375. The molecular formula is C16H19FN2O4S. The molecule has 2 rings (SSSR count). The molecule has 0 aliphatic carbocycles. The molecular weight excluding hydrogens is 335 g/mol. The Bertz CT molecular complexity index is 732. The van der Waals surface area contributed by atoms with Gasteiger partial charge in [-0.25, -0.2) is 4.39 Å². The van der Waals surface area contributed by atoms with Crippen LogP contribution in [0.5, 0.6) is 0 Å². The minimum Gasteiger partial charge on any atom is -0.383 e. The summed E-state index contributed by atoms with van der Waals surface area (Å²) >= 11 is 1.18. The van der Waals surface area contributed by atoms with Crippen LogP contribution in [0.3, 0.4) is 0 Å². The van der Waals surface area contributed by atoms with Crippen molar-refractivity contribution in [2.24, 2.45) is 0 Å². The Labute approximate surface area is 142 Å². The van der Waals surface area contributed by atoms with Gasteiger partial charge in [-0.05, 0) is 12.1 Å². The van der Waals surface area contributed by atoms with E-state index in [0.717, 1.165) is 0 Å². The van der Waals surface area contributed by atoms with Gasteiger partial charge >= 0.3 is 0 Å². The molecule has 2 N–H and O–H groups in total. The van der Waals surface area contributed by atoms with Crippen LogP contribution in [0.4, 0.5) is 4.39 Å². The Kier molecular flexibility index (Phi) is 6.65. The molecule has 130 valence electrons. The van der Waals surface area contributed by atoms with Crippen LogP contribution in [0.25, 0.3) is 10.1 Å². The first kappa shape index (κ1) is 18.3. The molecule has 24 heavy (non-hydrogen) atoms. The number of thiophene rings is 1. The second kappa shape index (κ2) is 8.72. The molecule has 0 bridgehead atoms. The highest BCUT2D eigenvalue weighted by Gasteiger charge is 2.20. The van der Waals surface area contributed by atoms with Crippen molar-refractivity contribution in [2.45, 2.75) is 6.61 Å². The number of carbonyl (C=O) groups is 2. The van der Waals surface area contributed by atoms with Crippen LogP contribution in [-0.2, 0) is 20.9 Å². The number of rotatable bonds is 8. The number of ether oxygens (including phenoxy) is 2. The first-order chi connectivity index (χ1) is 11.6. The third-order valence-electron chi connectivity index (χ3n) is 3.30. The highest BCUT2D eigenvalue weighted by molar-refractivity contribution is 7.21. The quantitative estimate of drug-likeness (QED) is 0.707. The molecule has 0 atom stereocenters. The van der Waals surface area contributed by atoms with Crippen LogP contribution >= 0.6 is 11.3 Å². The Hall–Kier alpha value is -2.03. The summed E-state index contributed by atoms with van der Waals surface area (Å²) in [7, 11) is 3.02. The van der Waals surface area contributed by atoms with Gasteiger partial charge in [0.25, 0.3) is 5.91 Å². The van der Waals surface area contributed by atoms with Crippen molar-refractivity contribution in [3.05, 3.63) is 34.5 Å². The number of hydrogen-bond donors (Lipinski definition) is 2. The number of fused-ring (bicyclic) bond motifs is 1. The number of carbonyl (C=O) groups excluding carboxylic acids is 2. The van der Waals surface area contributed by atoms with Crippen LogP contribution in [0, 0.1) is 5.82 Å². The summed E-state index contributed by atoms with van der Waals surface area (Å²) in [5, 5.41) is 5.54. The maximum Gasteiger partial charge on any atom is 0.262 e. The molecule has 2 aromatic rings. The molecule has 2 amide bonds. The maximum atomic E-state index is 14.1. The SMILES string of the molecule is COCCNC(=O)CNC(=O)c1sc2cccc(F)c2c1COC. The van der Waals surface area contributed by atoms with Gasteiger partial charge < -0.3 is 20.1 Å². The number of amides is 2. The van der Waals surface area contributed by atoms with Crippen molar-refractivity contribution in [3.63, 3.8) is 0 Å². The molecule has 8 heteroatoms. The summed E-state index contributed by atoms with van der Waals surface area (Å²) in [6, 6.07) is 4.69. The van der Waals surface area contributed by atoms with E-state index in [-0.39, 0.29) is 19.1 Å². The first-order valence-electron chi connectivity index (χ1n) is 7.31. The average molecular weight is 354 g/mol. The topological polar surface area (TPSA) is 76.7 Å². The second-order valence-electron chi connectivity index (χ2n) is 4.98. The van der Waals surface area contributed by atoms with Crippen LogP contribution in [0.15, 0.2) is 18.2 Å². The van der Waals surface area contributed by atoms with Crippen molar-refractivity contribution >= 4 is 33.2 Å². The zero-order valence-electron chi connectivity index (χ0n) is 13.5. The van der Waals surface area contributed by atoms with Gasteiger partial charge in [0.1, 0.15) is 5.82 Å². The van der Waals surface area contributed by atoms with E-state index < -0.39 is 11.7 Å². The molecule has 6 nitrogen and oxygen atoms in total. The number of benzene rings is 1. The second-order valence-corrected chi connectivity index (χ2v) is 6.03. The third-order valence-corrected chi connectivity index (χ3v) is 4.49. The molecule has 0 radical (unpaired) electrons. The molecule has 1 heterocycles. The van der Waals surface area contributed by atoms with Crippen molar-refractivity contribution in [1.82, 2.24) is 10.6 Å². The van der Waals surface area contributed by atoms with Crippen molar-refractivity contribution in [3.8, 4) is 0 Å². The van der Waals surface area contributed by atoms with Gasteiger partial charge in [0.15, 0.2) is 0 Å². The Morgan fingerprint density at radius 3 is 2.71 bits per heavy atom. The fourth-order valence-corrected chi connectivity index (χ4v) is 3.37. The van der Waals surface area contributed by atoms with Gasteiger partial charge in [-0.3, -0.25) is 9.59 Å². The standard InChI is InChI=1S/C16H19FN2O4S/c1-22-7-6-18-13(20)8-19-16(21)15-10(9-23-2)14-11(17)4-3-5-12(14)24-15/h3-5H,6-9H2,1-2H3,(H,18,20)(H,19,21). The first-order valence-corrected chi connectivity index (χ1v) is 8.12. The minimum atomic E-state index is -0.426. The van der Waals surface area contributed by atoms with Crippen molar-refractivity contribution in [2.75, 3.05) is 33.9 Å². The lowest BCUT2D eigenvalue weighted by molar-refractivity contribution is -0.120. The van der Waals surface area contributed by atoms with Gasteiger partial charge in [-0.2, -0.15) is 0 Å². The summed E-state index contributed by atoms with van der Waals surface area (Å²) in [4.78, 5) is 24.3. The van der Waals surface area contributed by atoms with Gasteiger partial charge in [-0.15, -0.1) is 11.3 Å². The molecule has 1 aromatic heterocycles. The van der Waals surface area contributed by atoms with E-state index in [9.17, 15) is 14.0 Å². The highest BCUT2D eigenvalue weighted by Crippen LogP contribution is 2.33. The van der Waals surface area contributed by atoms with E-state index in [1.165, 1.54) is 31.6 Å². The van der Waals surface area contributed by atoms with E-state index in [4.69, 9.17) is 9.47 Å². The molecule has 0 aliphatic heterocycles. The van der Waals surface area contributed by atoms with E-state index in [1.54, 1.807) is 12.1 Å². The molecule has 0 saturated heterocycles.